The zero-order valence-electron chi connectivity index (χ0n) is 17.8. The van der Waals surface area contributed by atoms with E-state index in [1.807, 2.05) is 58.3 Å². The summed E-state index contributed by atoms with van der Waals surface area (Å²) in [4.78, 5) is 21.9. The Kier molecular flexibility index (Phi) is 6.39. The lowest BCUT2D eigenvalue weighted by Gasteiger charge is -2.22. The number of thiazole rings is 1. The molecule has 154 valence electrons. The summed E-state index contributed by atoms with van der Waals surface area (Å²) >= 11 is 1.48. The van der Waals surface area contributed by atoms with E-state index in [1.165, 1.54) is 16.9 Å². The van der Waals surface area contributed by atoms with Gasteiger partial charge >= 0.3 is 0 Å². The Hall–Kier alpha value is -2.64. The van der Waals surface area contributed by atoms with Crippen LogP contribution in [0.1, 0.15) is 21.5 Å². The number of aryl methyl sites for hydroxylation is 2. The molecule has 6 nitrogen and oxygen atoms in total. The molecule has 1 heterocycles. The van der Waals surface area contributed by atoms with E-state index in [1.54, 1.807) is 19.1 Å². The van der Waals surface area contributed by atoms with E-state index >= 15 is 0 Å². The van der Waals surface area contributed by atoms with Gasteiger partial charge in [0.15, 0.2) is 16.6 Å². The van der Waals surface area contributed by atoms with Crippen LogP contribution in [-0.4, -0.2) is 57.2 Å². The Bertz CT molecular complexity index is 989. The number of nitrogens with zero attached hydrogens (tertiary/aromatic N) is 3. The SMILES string of the molecule is COc1cc2nc(N(CCN(C)C)C(=O)c3ccc(C)c(C)c3)sc2cc1OC. The molecule has 0 bridgehead atoms. The number of likely N-dealkylation sites (N-methyl/N-ethyl adjacent to an activating group) is 1. The van der Waals surface area contributed by atoms with Gasteiger partial charge in [0.25, 0.3) is 5.91 Å². The number of anilines is 1. The first-order chi connectivity index (χ1) is 13.8. The molecule has 7 heteroatoms. The Morgan fingerprint density at radius 3 is 2.31 bits per heavy atom. The molecule has 3 aromatic rings. The Morgan fingerprint density at radius 1 is 1.00 bits per heavy atom. The molecule has 0 spiro atoms. The lowest BCUT2D eigenvalue weighted by atomic mass is 10.1. The van der Waals surface area contributed by atoms with Crippen LogP contribution in [0.2, 0.25) is 0 Å². The molecule has 0 radical (unpaired) electrons. The summed E-state index contributed by atoms with van der Waals surface area (Å²) < 4.78 is 11.7. The number of ether oxygens (including phenoxy) is 2. The highest BCUT2D eigenvalue weighted by atomic mass is 32.1. The van der Waals surface area contributed by atoms with Crippen LogP contribution in [0.25, 0.3) is 10.2 Å². The van der Waals surface area contributed by atoms with Crippen molar-refractivity contribution in [3.05, 3.63) is 47.0 Å². The first kappa shape index (κ1) is 21.1. The second kappa shape index (κ2) is 8.80. The molecule has 0 unspecified atom stereocenters. The molecule has 0 aliphatic rings. The lowest BCUT2D eigenvalue weighted by molar-refractivity contribution is 0.0985. The highest BCUT2D eigenvalue weighted by molar-refractivity contribution is 7.22. The molecule has 3 rings (SSSR count). The van der Waals surface area contributed by atoms with Gasteiger partial charge in [-0.3, -0.25) is 9.69 Å². The summed E-state index contributed by atoms with van der Waals surface area (Å²) in [6.07, 6.45) is 0. The zero-order valence-corrected chi connectivity index (χ0v) is 18.6. The smallest absolute Gasteiger partial charge is 0.260 e. The monoisotopic (exact) mass is 413 g/mol. The van der Waals surface area contributed by atoms with Crippen molar-refractivity contribution in [2.75, 3.05) is 46.3 Å². The second-order valence-corrected chi connectivity index (χ2v) is 8.24. The number of aromatic nitrogens is 1. The third kappa shape index (κ3) is 4.52. The van der Waals surface area contributed by atoms with Crippen LogP contribution in [0, 0.1) is 13.8 Å². The first-order valence-electron chi connectivity index (χ1n) is 9.40. The minimum Gasteiger partial charge on any atom is -0.493 e. The standard InChI is InChI=1S/C22H27N3O3S/c1-14-7-8-16(11-15(14)2)21(26)25(10-9-24(3)4)22-23-17-12-18(27-5)19(28-6)13-20(17)29-22/h7-8,11-13H,9-10H2,1-6H3. The van der Waals surface area contributed by atoms with Crippen LogP contribution in [0.5, 0.6) is 11.5 Å². The highest BCUT2D eigenvalue weighted by Gasteiger charge is 2.22. The maximum atomic E-state index is 13.4. The predicted octanol–water partition coefficient (Wildman–Crippen LogP) is 4.14. The van der Waals surface area contributed by atoms with E-state index in [4.69, 9.17) is 14.5 Å². The van der Waals surface area contributed by atoms with Crippen LogP contribution < -0.4 is 14.4 Å². The van der Waals surface area contributed by atoms with Crippen LogP contribution in [0.15, 0.2) is 30.3 Å². The van der Waals surface area contributed by atoms with Crippen molar-refractivity contribution in [3.63, 3.8) is 0 Å². The topological polar surface area (TPSA) is 54.9 Å². The average molecular weight is 414 g/mol. The summed E-state index contributed by atoms with van der Waals surface area (Å²) in [7, 11) is 7.20. The molecule has 0 atom stereocenters. The van der Waals surface area contributed by atoms with E-state index < -0.39 is 0 Å². The zero-order chi connectivity index (χ0) is 21.1. The van der Waals surface area contributed by atoms with E-state index in [2.05, 4.69) is 4.90 Å². The fourth-order valence-electron chi connectivity index (χ4n) is 2.97. The molecule has 0 N–H and O–H groups in total. The van der Waals surface area contributed by atoms with Crippen LogP contribution in [0.4, 0.5) is 5.13 Å². The van der Waals surface area contributed by atoms with Crippen molar-refractivity contribution < 1.29 is 14.3 Å². The van der Waals surface area contributed by atoms with Crippen molar-refractivity contribution in [1.82, 2.24) is 9.88 Å². The summed E-state index contributed by atoms with van der Waals surface area (Å²) in [5, 5.41) is 0.667. The van der Waals surface area contributed by atoms with Gasteiger partial charge in [0.05, 0.1) is 24.4 Å². The van der Waals surface area contributed by atoms with Crippen LogP contribution in [0.3, 0.4) is 0 Å². The lowest BCUT2D eigenvalue weighted by Crippen LogP contribution is -2.36. The third-order valence-corrected chi connectivity index (χ3v) is 5.92. The third-order valence-electron chi connectivity index (χ3n) is 4.88. The summed E-state index contributed by atoms with van der Waals surface area (Å²) in [6, 6.07) is 9.56. The fourth-order valence-corrected chi connectivity index (χ4v) is 3.97. The van der Waals surface area contributed by atoms with Crippen LogP contribution in [-0.2, 0) is 0 Å². The molecule has 1 aromatic heterocycles. The van der Waals surface area contributed by atoms with Gasteiger partial charge in [-0.15, -0.1) is 0 Å². The van der Waals surface area contributed by atoms with E-state index in [9.17, 15) is 4.79 Å². The maximum absolute atomic E-state index is 13.4. The minimum atomic E-state index is -0.0482. The molecule has 0 aliphatic heterocycles. The normalized spacial score (nSPS) is 11.1. The van der Waals surface area contributed by atoms with Gasteiger partial charge in [-0.25, -0.2) is 4.98 Å². The second-order valence-electron chi connectivity index (χ2n) is 7.23. The van der Waals surface area contributed by atoms with Crippen molar-refractivity contribution in [2.45, 2.75) is 13.8 Å². The van der Waals surface area contributed by atoms with E-state index in [0.717, 1.165) is 22.3 Å². The molecule has 0 saturated carbocycles. The number of hydrogen-bond acceptors (Lipinski definition) is 6. The predicted molar refractivity (Wildman–Crippen MR) is 119 cm³/mol. The minimum absolute atomic E-state index is 0.0482. The van der Waals surface area contributed by atoms with Gasteiger partial charge in [-0.05, 0) is 51.2 Å². The molecule has 0 saturated heterocycles. The van der Waals surface area contributed by atoms with Crippen molar-refractivity contribution in [1.29, 1.82) is 0 Å². The number of benzene rings is 2. The van der Waals surface area contributed by atoms with Crippen molar-refractivity contribution in [2.24, 2.45) is 0 Å². The Balaban J connectivity index is 2.03. The van der Waals surface area contributed by atoms with E-state index in [-0.39, 0.29) is 5.91 Å². The van der Waals surface area contributed by atoms with Crippen molar-refractivity contribution in [3.8, 4) is 11.5 Å². The Morgan fingerprint density at radius 2 is 1.69 bits per heavy atom. The van der Waals surface area contributed by atoms with Gasteiger partial charge in [0.2, 0.25) is 0 Å². The number of amides is 1. The average Bonchev–Trinajstić information content (AvgIpc) is 3.11. The fraction of sp³-hybridized carbons (Fsp3) is 0.364. The number of hydrogen-bond donors (Lipinski definition) is 0. The number of rotatable bonds is 7. The molecule has 0 aliphatic carbocycles. The van der Waals surface area contributed by atoms with Gasteiger partial charge in [-0.2, -0.15) is 0 Å². The molecule has 1 amide bonds. The highest BCUT2D eigenvalue weighted by Crippen LogP contribution is 2.37. The molecular weight excluding hydrogens is 386 g/mol. The van der Waals surface area contributed by atoms with Gasteiger partial charge in [-0.1, -0.05) is 17.4 Å². The van der Waals surface area contributed by atoms with E-state index in [0.29, 0.717) is 28.7 Å². The summed E-state index contributed by atoms with van der Waals surface area (Å²) in [5.74, 6) is 1.22. The molecule has 0 fully saturated rings. The first-order valence-corrected chi connectivity index (χ1v) is 10.2. The molecule has 2 aromatic carbocycles. The number of carbonyl (C=O) groups is 1. The maximum Gasteiger partial charge on any atom is 0.260 e. The van der Waals surface area contributed by atoms with Gasteiger partial charge in [0, 0.05) is 30.8 Å². The largest absolute Gasteiger partial charge is 0.493 e. The summed E-state index contributed by atoms with van der Waals surface area (Å²) in [5.41, 5.74) is 3.72. The van der Waals surface area contributed by atoms with Crippen LogP contribution >= 0.6 is 11.3 Å². The summed E-state index contributed by atoms with van der Waals surface area (Å²) in [6.45, 7) is 5.35. The number of carbonyl (C=O) groups excluding carboxylic acids is 1. The number of fused-ring (bicyclic) bond motifs is 1. The van der Waals surface area contributed by atoms with Gasteiger partial charge < -0.3 is 14.4 Å². The van der Waals surface area contributed by atoms with Gasteiger partial charge in [0.1, 0.15) is 0 Å². The molecular formula is C22H27N3O3S. The quantitative estimate of drug-likeness (QED) is 0.583. The van der Waals surface area contributed by atoms with Crippen molar-refractivity contribution >= 4 is 32.6 Å². The Labute approximate surface area is 175 Å². The molecule has 29 heavy (non-hydrogen) atoms. The number of methoxy groups -OCH3 is 2.